The zero-order chi connectivity index (χ0) is 13.9. The average Bonchev–Trinajstić information content (AvgIpc) is 3.06. The molecule has 0 saturated carbocycles. The summed E-state index contributed by atoms with van der Waals surface area (Å²) in [7, 11) is 0. The molecule has 1 aliphatic heterocycles. The van der Waals surface area contributed by atoms with Crippen LogP contribution in [0.25, 0.3) is 11.2 Å². The van der Waals surface area contributed by atoms with Crippen LogP contribution in [0.1, 0.15) is 0 Å². The lowest BCUT2D eigenvalue weighted by molar-refractivity contribution is -0.248. The van der Waals surface area contributed by atoms with Gasteiger partial charge < -0.3 is 4.84 Å². The molecule has 2 aromatic rings. The lowest BCUT2D eigenvalue weighted by Crippen LogP contribution is -2.21. The Morgan fingerprint density at radius 1 is 1.50 bits per heavy atom. The van der Waals surface area contributed by atoms with E-state index in [2.05, 4.69) is 20.3 Å². The number of nitrogens with one attached hydrogen (secondary N) is 1. The van der Waals surface area contributed by atoms with E-state index in [-0.39, 0.29) is 17.0 Å². The fraction of sp³-hybridized carbons (Fsp3) is 0.400. The zero-order valence-electron chi connectivity index (χ0n) is 10.2. The van der Waals surface area contributed by atoms with Crippen molar-refractivity contribution in [1.29, 1.82) is 0 Å². The van der Waals surface area contributed by atoms with Gasteiger partial charge in [-0.2, -0.15) is 14.7 Å². The Morgan fingerprint density at radius 2 is 2.30 bits per heavy atom. The smallest absolute Gasteiger partial charge is 0.232 e. The monoisotopic (exact) mass is 299 g/mol. The van der Waals surface area contributed by atoms with Gasteiger partial charge in [0.15, 0.2) is 5.15 Å². The second-order valence-electron chi connectivity index (χ2n) is 4.07. The molecular formula is C10H10ClN5O4. The summed E-state index contributed by atoms with van der Waals surface area (Å²) < 4.78 is 1.37. The number of imidazole rings is 1. The SMILES string of the molecule is O=CNc1nc(Cl)c2ncn(OCC3COOC3)c2n1. The van der Waals surface area contributed by atoms with Crippen LogP contribution in [0.3, 0.4) is 0 Å². The predicted molar refractivity (Wildman–Crippen MR) is 66.9 cm³/mol. The number of hydrogen-bond acceptors (Lipinski definition) is 7. The minimum absolute atomic E-state index is 0.0791. The Balaban J connectivity index is 1.84. The van der Waals surface area contributed by atoms with Crippen molar-refractivity contribution in [1.82, 2.24) is 19.7 Å². The van der Waals surface area contributed by atoms with Gasteiger partial charge in [0.2, 0.25) is 18.0 Å². The van der Waals surface area contributed by atoms with Gasteiger partial charge in [-0.1, -0.05) is 11.6 Å². The summed E-state index contributed by atoms with van der Waals surface area (Å²) in [5.74, 6) is 0.215. The molecule has 3 heterocycles. The van der Waals surface area contributed by atoms with Gasteiger partial charge in [0.25, 0.3) is 0 Å². The first-order chi connectivity index (χ1) is 9.78. The molecule has 3 rings (SSSR count). The third kappa shape index (κ3) is 2.50. The van der Waals surface area contributed by atoms with Gasteiger partial charge in [-0.3, -0.25) is 10.1 Å². The average molecular weight is 300 g/mol. The number of fused-ring (bicyclic) bond motifs is 1. The molecule has 0 spiro atoms. The zero-order valence-corrected chi connectivity index (χ0v) is 10.9. The van der Waals surface area contributed by atoms with E-state index >= 15 is 0 Å². The number of carbonyl (C=O) groups excluding carboxylic acids is 1. The number of anilines is 1. The summed E-state index contributed by atoms with van der Waals surface area (Å²) in [5.41, 5.74) is 0.760. The minimum atomic E-state index is 0.0791. The summed E-state index contributed by atoms with van der Waals surface area (Å²) in [4.78, 5) is 37.6. The van der Waals surface area contributed by atoms with Crippen molar-refractivity contribution in [2.75, 3.05) is 25.1 Å². The molecule has 1 N–H and O–H groups in total. The van der Waals surface area contributed by atoms with Crippen molar-refractivity contribution in [3.05, 3.63) is 11.5 Å². The Hall–Kier alpha value is -1.97. The number of hydrogen-bond donors (Lipinski definition) is 1. The molecule has 0 unspecified atom stereocenters. The Morgan fingerprint density at radius 3 is 3.05 bits per heavy atom. The van der Waals surface area contributed by atoms with E-state index in [1.54, 1.807) is 0 Å². The summed E-state index contributed by atoms with van der Waals surface area (Å²) in [6.45, 7) is 1.32. The van der Waals surface area contributed by atoms with Gasteiger partial charge in [0.05, 0.1) is 13.2 Å². The summed E-state index contributed by atoms with van der Waals surface area (Å²) >= 11 is 5.96. The molecule has 0 atom stereocenters. The molecule has 1 amide bonds. The second-order valence-corrected chi connectivity index (χ2v) is 4.43. The van der Waals surface area contributed by atoms with Crippen LogP contribution < -0.4 is 10.2 Å². The van der Waals surface area contributed by atoms with Crippen LogP contribution in [0.5, 0.6) is 0 Å². The van der Waals surface area contributed by atoms with Crippen molar-refractivity contribution in [3.8, 4) is 0 Å². The highest BCUT2D eigenvalue weighted by molar-refractivity contribution is 6.33. The largest absolute Gasteiger partial charge is 0.410 e. The normalized spacial score (nSPS) is 15.7. The van der Waals surface area contributed by atoms with Crippen molar-refractivity contribution in [2.24, 2.45) is 5.92 Å². The third-order valence-electron chi connectivity index (χ3n) is 2.65. The predicted octanol–water partition coefficient (Wildman–Crippen LogP) is 0.0546. The van der Waals surface area contributed by atoms with Gasteiger partial charge >= 0.3 is 0 Å². The number of carbonyl (C=O) groups is 1. The second kappa shape index (κ2) is 5.57. The number of nitrogens with zero attached hydrogens (tertiary/aromatic N) is 4. The third-order valence-corrected chi connectivity index (χ3v) is 2.92. The summed E-state index contributed by atoms with van der Waals surface area (Å²) in [6, 6.07) is 0. The van der Waals surface area contributed by atoms with Crippen LogP contribution in [0.2, 0.25) is 5.15 Å². The van der Waals surface area contributed by atoms with Crippen LogP contribution in [-0.4, -0.2) is 45.9 Å². The van der Waals surface area contributed by atoms with Crippen molar-refractivity contribution in [3.63, 3.8) is 0 Å². The first-order valence-electron chi connectivity index (χ1n) is 5.76. The van der Waals surface area contributed by atoms with E-state index in [0.29, 0.717) is 37.4 Å². The van der Waals surface area contributed by atoms with Crippen LogP contribution >= 0.6 is 11.6 Å². The van der Waals surface area contributed by atoms with Gasteiger partial charge in [0, 0.05) is 5.92 Å². The van der Waals surface area contributed by atoms with Gasteiger partial charge in [-0.15, -0.1) is 0 Å². The number of rotatable bonds is 5. The maximum absolute atomic E-state index is 10.4. The van der Waals surface area contributed by atoms with Gasteiger partial charge in [0.1, 0.15) is 18.5 Å². The standard InChI is InChI=1S/C10H10ClN5O4/c11-8-7-9(15-10(14-8)13-5-17)16(4-12-7)18-1-6-2-19-20-3-6/h4-6H,1-3H2,(H,13,14,15,17). The Bertz CT molecular complexity index is 627. The van der Waals surface area contributed by atoms with Crippen LogP contribution in [0.4, 0.5) is 5.95 Å². The van der Waals surface area contributed by atoms with Crippen molar-refractivity contribution < 1.29 is 19.4 Å². The molecule has 20 heavy (non-hydrogen) atoms. The molecule has 0 bridgehead atoms. The quantitative estimate of drug-likeness (QED) is 0.473. The highest BCUT2D eigenvalue weighted by Crippen LogP contribution is 2.20. The number of halogens is 1. The molecule has 10 heteroatoms. The lowest BCUT2D eigenvalue weighted by atomic mass is 10.2. The number of aromatic nitrogens is 4. The maximum Gasteiger partial charge on any atom is 0.232 e. The lowest BCUT2D eigenvalue weighted by Gasteiger charge is -2.09. The molecule has 0 aliphatic carbocycles. The van der Waals surface area contributed by atoms with Gasteiger partial charge in [-0.05, 0) is 0 Å². The topological polar surface area (TPSA) is 100 Å². The highest BCUT2D eigenvalue weighted by atomic mass is 35.5. The molecule has 1 saturated heterocycles. The molecule has 1 fully saturated rings. The molecular weight excluding hydrogens is 290 g/mol. The van der Waals surface area contributed by atoms with Crippen LogP contribution in [0.15, 0.2) is 6.33 Å². The number of amides is 1. The van der Waals surface area contributed by atoms with E-state index in [9.17, 15) is 4.79 Å². The first kappa shape index (κ1) is 13.0. The molecule has 1 aliphatic rings. The summed E-state index contributed by atoms with van der Waals surface area (Å²) in [6.07, 6.45) is 1.90. The molecule has 9 nitrogen and oxygen atoms in total. The van der Waals surface area contributed by atoms with Crippen molar-refractivity contribution >= 4 is 35.1 Å². The highest BCUT2D eigenvalue weighted by Gasteiger charge is 2.19. The fourth-order valence-electron chi connectivity index (χ4n) is 1.68. The van der Waals surface area contributed by atoms with Crippen molar-refractivity contribution in [2.45, 2.75) is 0 Å². The fourth-order valence-corrected chi connectivity index (χ4v) is 1.89. The molecule has 0 aromatic carbocycles. The maximum atomic E-state index is 10.4. The van der Waals surface area contributed by atoms with E-state index in [1.807, 2.05) is 0 Å². The first-order valence-corrected chi connectivity index (χ1v) is 6.14. The Kier molecular flexibility index (Phi) is 3.63. The Labute approximate surface area is 117 Å². The molecule has 0 radical (unpaired) electrons. The summed E-state index contributed by atoms with van der Waals surface area (Å²) in [5, 5.41) is 2.46. The van der Waals surface area contributed by atoms with Crippen LogP contribution in [0, 0.1) is 5.92 Å². The molecule has 2 aromatic heterocycles. The van der Waals surface area contributed by atoms with E-state index in [4.69, 9.17) is 26.2 Å². The van der Waals surface area contributed by atoms with E-state index in [1.165, 1.54) is 11.1 Å². The van der Waals surface area contributed by atoms with E-state index in [0.717, 1.165) is 0 Å². The van der Waals surface area contributed by atoms with Crippen LogP contribution in [-0.2, 0) is 14.6 Å². The van der Waals surface area contributed by atoms with E-state index < -0.39 is 0 Å². The molecule has 106 valence electrons. The van der Waals surface area contributed by atoms with Gasteiger partial charge in [-0.25, -0.2) is 14.8 Å². The minimum Gasteiger partial charge on any atom is -0.410 e.